The molecule has 3 aromatic carbocycles. The molecule has 0 fully saturated rings. The highest BCUT2D eigenvalue weighted by Crippen LogP contribution is 2.44. The average Bonchev–Trinajstić information content (AvgIpc) is 1.64. The molecule has 22 heteroatoms. The van der Waals surface area contributed by atoms with Gasteiger partial charge in [0, 0.05) is 44.7 Å². The average molecular weight is 1410 g/mol. The molecule has 2 amide bonds. The molecule has 1 atom stereocenters. The number of halogens is 6. The summed E-state index contributed by atoms with van der Waals surface area (Å²) in [5.41, 5.74) is 9.33. The number of alkyl halides is 1. The Labute approximate surface area is 587 Å². The minimum Gasteiger partial charge on any atom is -0.480 e. The van der Waals surface area contributed by atoms with Crippen molar-refractivity contribution in [3.63, 3.8) is 0 Å². The fraction of sp³-hybridized carbons (Fsp3) is 0.675. The normalized spacial score (nSPS) is 11.8. The Morgan fingerprint density at radius 1 is 0.505 bits per heavy atom. The largest absolute Gasteiger partial charge is 0.480 e. The van der Waals surface area contributed by atoms with Crippen LogP contribution in [0.1, 0.15) is 304 Å². The number of aliphatic carboxylic acids is 1. The van der Waals surface area contributed by atoms with E-state index in [4.69, 9.17) is 36.0 Å². The molecule has 0 radical (unpaired) electrons. The molecule has 0 aliphatic heterocycles. The van der Waals surface area contributed by atoms with Crippen LogP contribution >= 0.6 is 0 Å². The lowest BCUT2D eigenvalue weighted by Crippen LogP contribution is -2.32. The number of nitrogens with two attached hydrogens (primary N) is 1. The first-order chi connectivity index (χ1) is 47.7. The monoisotopic (exact) mass is 1410 g/mol. The van der Waals surface area contributed by atoms with Gasteiger partial charge < -0.3 is 40.4 Å². The number of carbonyl (C=O) groups excluding carboxylic acids is 7. The molecule has 1 aliphatic rings. The van der Waals surface area contributed by atoms with Crippen LogP contribution in [0.2, 0.25) is 0 Å². The number of amides is 2. The summed E-state index contributed by atoms with van der Waals surface area (Å²) in [4.78, 5) is 85.5. The van der Waals surface area contributed by atoms with Gasteiger partial charge in [0.25, 0.3) is 0 Å². The van der Waals surface area contributed by atoms with Crippen LogP contribution in [0.15, 0.2) is 48.5 Å². The Bertz CT molecular complexity index is 2700. The molecule has 0 saturated heterocycles. The molecule has 99 heavy (non-hydrogen) atoms. The number of fused-ring (bicyclic) bond motifs is 3. The fourth-order valence-electron chi connectivity index (χ4n) is 10.9. The first-order valence-corrected chi connectivity index (χ1v) is 36.0. The summed E-state index contributed by atoms with van der Waals surface area (Å²) in [5.74, 6) is -14.4. The van der Waals surface area contributed by atoms with Gasteiger partial charge in [0.05, 0.1) is 8.52 Å². The van der Waals surface area contributed by atoms with E-state index in [9.17, 15) is 55.1 Å². The van der Waals surface area contributed by atoms with Gasteiger partial charge in [-0.3, -0.25) is 28.4 Å². The predicted octanol–water partition coefficient (Wildman–Crippen LogP) is 19.5. The van der Waals surface area contributed by atoms with Gasteiger partial charge in [0.15, 0.2) is 0 Å². The van der Waals surface area contributed by atoms with E-state index >= 15 is 0 Å². The third-order valence-electron chi connectivity index (χ3n) is 16.0. The summed E-state index contributed by atoms with van der Waals surface area (Å²) >= 11 is 0. The molecule has 0 spiro atoms. The van der Waals surface area contributed by atoms with Crippen LogP contribution in [-0.2, 0) is 47.8 Å². The Balaban J connectivity index is 0.00000143. The summed E-state index contributed by atoms with van der Waals surface area (Å²) in [5, 5.41) is 14.4. The number of carboxylic acids is 1. The molecule has 0 aromatic heterocycles. The Morgan fingerprint density at radius 3 is 1.18 bits per heavy atom. The lowest BCUT2D eigenvalue weighted by atomic mass is 9.98. The Hall–Kier alpha value is -6.80. The summed E-state index contributed by atoms with van der Waals surface area (Å²) in [7, 11) is -1.00. The van der Waals surface area contributed by atoms with E-state index in [0.717, 1.165) is 88.3 Å². The van der Waals surface area contributed by atoms with Gasteiger partial charge in [-0.1, -0.05) is 222 Å². The molecular weight excluding hydrogens is 1290 g/mol. The van der Waals surface area contributed by atoms with E-state index < -0.39 is 71.7 Å². The highest BCUT2D eigenvalue weighted by Gasteiger charge is 2.30. The highest BCUT2D eigenvalue weighted by atomic mass is 19.2. The lowest BCUT2D eigenvalue weighted by Gasteiger charge is -2.19. The van der Waals surface area contributed by atoms with E-state index in [1.54, 1.807) is 0 Å². The summed E-state index contributed by atoms with van der Waals surface area (Å²) in [6.45, 7) is 15.0. The zero-order valence-electron chi connectivity index (χ0n) is 61.5. The van der Waals surface area contributed by atoms with Crippen molar-refractivity contribution in [2.45, 2.75) is 309 Å². The number of carboxylic acid groups (broad SMARTS) is 1. The van der Waals surface area contributed by atoms with Crippen LogP contribution in [0.4, 0.5) is 31.1 Å². The van der Waals surface area contributed by atoms with Crippen LogP contribution in [0.25, 0.3) is 11.1 Å². The second kappa shape index (κ2) is 56.9. The van der Waals surface area contributed by atoms with Gasteiger partial charge in [0.1, 0.15) is 23.9 Å². The maximum Gasteiger partial charge on any atom is 0.407 e. The van der Waals surface area contributed by atoms with Gasteiger partial charge in [-0.25, -0.2) is 18.0 Å². The minimum absolute atomic E-state index is 0.0218. The molecule has 1 aliphatic carbocycles. The molecule has 0 unspecified atom stereocenters. The molecule has 5 N–H and O–H groups in total. The molecule has 0 bridgehead atoms. The predicted molar refractivity (Wildman–Crippen MR) is 374 cm³/mol. The molecule has 16 nitrogen and oxygen atoms in total. The first kappa shape index (κ1) is 90.2. The number of ether oxygens (including phenoxy) is 4. The SMILES string of the molecule is CC(C)(C)OC(=O)CCCCCCCCCCCCCCCCC(=O)Oc1c(F)c(F)c(F)c(F)c1F.CCCCCNC(=O)CCCCCCCCCCCCCCCCC(=O)OC(C)(C)C.N[C@@H](CCCNC(=O)OCC1c2ccccc2-c2ccccc21)C(=O)O.O=C=O.[2H]CF. The maximum absolute atomic E-state index is 13.5. The molecule has 0 saturated carbocycles. The van der Waals surface area contributed by atoms with Crippen molar-refractivity contribution in [3.05, 3.63) is 88.7 Å². The lowest BCUT2D eigenvalue weighted by molar-refractivity contribution is -0.192. The first-order valence-electron chi connectivity index (χ1n) is 36.7. The van der Waals surface area contributed by atoms with Crippen molar-refractivity contribution < 1.29 is 90.1 Å². The van der Waals surface area contributed by atoms with Crippen LogP contribution in [0, 0.1) is 29.1 Å². The standard InChI is InChI=1S/C28H41F5O4.C27H53NO3.C20H22N2O4.CH3F.CO2/c1-28(2,3)37-21(35)19-17-15-13-11-9-7-5-4-6-8-10-12-14-16-18-20(34)36-27-25(32)23(30)22(29)24(31)26(27)33;1-5-6-21-24-28-25(29)22-19-17-15-13-11-9-7-8-10-12-14-16-18-20-23-26(30)31-27(2,3)4;21-18(19(23)24)10-5-11-22-20(25)26-12-17-15-8-3-1-6-13(15)14-7-2-4-9-16(14)17;1-2;2-1-3/h4-19H2,1-3H3;5-24H2,1-4H3,(H,28,29);1-4,6-9,17-18H,5,10-12,21H2,(H,22,25)(H,23,24);1H3;/t;;18-;;/m..0../s1/i;;;1D;. The van der Waals surface area contributed by atoms with Crippen LogP contribution < -0.4 is 21.1 Å². The quantitative estimate of drug-likeness (QED) is 0.00782. The zero-order chi connectivity index (χ0) is 75.0. The summed E-state index contributed by atoms with van der Waals surface area (Å²) in [6, 6.07) is 15.4. The number of benzene rings is 3. The van der Waals surface area contributed by atoms with Crippen molar-refractivity contribution in [2.24, 2.45) is 5.73 Å². The second-order valence-corrected chi connectivity index (χ2v) is 26.9. The van der Waals surface area contributed by atoms with Crippen LogP contribution in [0.3, 0.4) is 0 Å². The third-order valence-corrected chi connectivity index (χ3v) is 16.0. The fourth-order valence-corrected chi connectivity index (χ4v) is 10.9. The third kappa shape index (κ3) is 46.3. The van der Waals surface area contributed by atoms with Crippen molar-refractivity contribution in [1.29, 1.82) is 0 Å². The van der Waals surface area contributed by atoms with E-state index in [0.29, 0.717) is 51.5 Å². The second-order valence-electron chi connectivity index (χ2n) is 26.9. The van der Waals surface area contributed by atoms with Crippen LogP contribution in [0.5, 0.6) is 5.75 Å². The van der Waals surface area contributed by atoms with E-state index in [2.05, 4.69) is 46.6 Å². The van der Waals surface area contributed by atoms with Crippen molar-refractivity contribution in [3.8, 4) is 16.9 Å². The van der Waals surface area contributed by atoms with E-state index in [1.807, 2.05) is 65.8 Å². The molecule has 3 aromatic rings. The van der Waals surface area contributed by atoms with Crippen molar-refractivity contribution in [2.75, 3.05) is 26.8 Å². The zero-order valence-corrected chi connectivity index (χ0v) is 60.5. The van der Waals surface area contributed by atoms with Gasteiger partial charge in [-0.15, -0.1) is 0 Å². The molecule has 4 rings (SSSR count). The van der Waals surface area contributed by atoms with Gasteiger partial charge in [0.2, 0.25) is 40.7 Å². The summed E-state index contributed by atoms with van der Waals surface area (Å²) in [6.07, 6.45) is 37.4. The van der Waals surface area contributed by atoms with Gasteiger partial charge in [-0.2, -0.15) is 18.4 Å². The van der Waals surface area contributed by atoms with Gasteiger partial charge >= 0.3 is 36.1 Å². The van der Waals surface area contributed by atoms with Crippen molar-refractivity contribution >= 4 is 42.0 Å². The van der Waals surface area contributed by atoms with Crippen LogP contribution in [-0.4, -0.2) is 91.2 Å². The number of hydrogen-bond acceptors (Lipinski definition) is 13. The maximum atomic E-state index is 13.5. The van der Waals surface area contributed by atoms with Gasteiger partial charge in [-0.05, 0) is 109 Å². The topological polar surface area (TPSA) is 244 Å². The Kier molecular flexibility index (Phi) is 51.8. The highest BCUT2D eigenvalue weighted by molar-refractivity contribution is 5.79. The van der Waals surface area contributed by atoms with E-state index in [1.165, 1.54) is 127 Å². The van der Waals surface area contributed by atoms with E-state index in [-0.39, 0.29) is 48.5 Å². The summed E-state index contributed by atoms with van der Waals surface area (Å²) < 4.78 is 102. The molecular formula is C77H119F6N3O13. The minimum atomic E-state index is -2.29. The number of alkyl carbamates (subject to hydrolysis) is 1. The number of unbranched alkanes of at least 4 members (excludes halogenated alkanes) is 28. The number of esters is 3. The number of hydrogen-bond donors (Lipinski definition) is 4. The smallest absolute Gasteiger partial charge is 0.407 e. The number of carbonyl (C=O) groups is 6. The van der Waals surface area contributed by atoms with Crippen molar-refractivity contribution in [1.82, 2.24) is 10.6 Å². The number of rotatable bonds is 46. The molecule has 562 valence electrons. The number of nitrogens with one attached hydrogen (secondary N) is 2. The molecule has 0 heterocycles. The Morgan fingerprint density at radius 2 is 0.828 bits per heavy atom.